The number of amides is 2. The van der Waals surface area contributed by atoms with E-state index in [0.717, 1.165) is 23.3 Å². The van der Waals surface area contributed by atoms with Crippen LogP contribution < -0.4 is 15.4 Å². The van der Waals surface area contributed by atoms with E-state index in [-0.39, 0.29) is 5.75 Å². The smallest absolute Gasteiger partial charge is 0.406 e. The molecule has 3 rings (SSSR count). The van der Waals surface area contributed by atoms with Crippen LogP contribution in [0.5, 0.6) is 5.75 Å². The molecule has 0 bridgehead atoms. The van der Waals surface area contributed by atoms with E-state index in [2.05, 4.69) is 15.4 Å². The van der Waals surface area contributed by atoms with Gasteiger partial charge in [-0.25, -0.2) is 4.79 Å². The van der Waals surface area contributed by atoms with Crippen LogP contribution in [0.25, 0.3) is 11.1 Å². The molecule has 8 heteroatoms. The number of carbonyl (C=O) groups is 1. The van der Waals surface area contributed by atoms with Crippen molar-refractivity contribution in [3.8, 4) is 16.9 Å². The van der Waals surface area contributed by atoms with Crippen molar-refractivity contribution in [1.82, 2.24) is 0 Å². The standard InChI is InChI=1S/C20H14ClF3N2O2/c21-14-7-5-13(6-8-14)17-3-1-2-4-18(17)26-19(27)25-15-9-11-16(12-10-15)28-20(22,23)24/h1-12H,(H2,25,26,27). The Morgan fingerprint density at radius 2 is 1.50 bits per heavy atom. The van der Waals surface area contributed by atoms with Crippen LogP contribution in [0.2, 0.25) is 5.02 Å². The van der Waals surface area contributed by atoms with Crippen molar-refractivity contribution in [3.05, 3.63) is 77.8 Å². The zero-order chi connectivity index (χ0) is 20.1. The number of para-hydroxylation sites is 1. The third kappa shape index (κ3) is 5.40. The van der Waals surface area contributed by atoms with Gasteiger partial charge in [-0.3, -0.25) is 0 Å². The Labute approximate surface area is 163 Å². The lowest BCUT2D eigenvalue weighted by molar-refractivity contribution is -0.274. The summed E-state index contributed by atoms with van der Waals surface area (Å²) in [7, 11) is 0. The molecular formula is C20H14ClF3N2O2. The lowest BCUT2D eigenvalue weighted by atomic mass is 10.0. The first-order valence-corrected chi connectivity index (χ1v) is 8.47. The van der Waals surface area contributed by atoms with Gasteiger partial charge in [-0.2, -0.15) is 0 Å². The van der Waals surface area contributed by atoms with Gasteiger partial charge >= 0.3 is 12.4 Å². The first-order chi connectivity index (χ1) is 13.3. The van der Waals surface area contributed by atoms with E-state index in [1.165, 1.54) is 12.1 Å². The van der Waals surface area contributed by atoms with Gasteiger partial charge in [-0.1, -0.05) is 41.9 Å². The molecule has 0 saturated heterocycles. The van der Waals surface area contributed by atoms with Crippen LogP contribution in [0, 0.1) is 0 Å². The average molecular weight is 407 g/mol. The molecule has 0 aromatic heterocycles. The highest BCUT2D eigenvalue weighted by Crippen LogP contribution is 2.29. The van der Waals surface area contributed by atoms with Gasteiger partial charge in [0.15, 0.2) is 0 Å². The van der Waals surface area contributed by atoms with Crippen molar-refractivity contribution >= 4 is 29.0 Å². The Morgan fingerprint density at radius 1 is 0.857 bits per heavy atom. The molecule has 0 aliphatic rings. The molecule has 0 radical (unpaired) electrons. The number of benzene rings is 3. The highest BCUT2D eigenvalue weighted by molar-refractivity contribution is 6.30. The SMILES string of the molecule is O=C(Nc1ccc(OC(F)(F)F)cc1)Nc1ccccc1-c1ccc(Cl)cc1. The molecule has 0 spiro atoms. The van der Waals surface area contributed by atoms with Crippen LogP contribution in [0.4, 0.5) is 29.3 Å². The van der Waals surface area contributed by atoms with Gasteiger partial charge in [-0.15, -0.1) is 13.2 Å². The van der Waals surface area contributed by atoms with Crippen molar-refractivity contribution < 1.29 is 22.7 Å². The number of carbonyl (C=O) groups excluding carboxylic acids is 1. The molecule has 144 valence electrons. The highest BCUT2D eigenvalue weighted by atomic mass is 35.5. The van der Waals surface area contributed by atoms with Gasteiger partial charge < -0.3 is 15.4 Å². The van der Waals surface area contributed by atoms with Gasteiger partial charge in [-0.05, 0) is 48.0 Å². The fourth-order valence-corrected chi connectivity index (χ4v) is 2.62. The second-order valence-electron chi connectivity index (χ2n) is 5.70. The first kappa shape index (κ1) is 19.6. The first-order valence-electron chi connectivity index (χ1n) is 8.09. The van der Waals surface area contributed by atoms with Gasteiger partial charge in [0.1, 0.15) is 5.75 Å². The molecule has 0 fully saturated rings. The Balaban J connectivity index is 1.69. The molecule has 0 aliphatic heterocycles. The van der Waals surface area contributed by atoms with E-state index in [1.807, 2.05) is 24.3 Å². The number of hydrogen-bond acceptors (Lipinski definition) is 2. The zero-order valence-electron chi connectivity index (χ0n) is 14.3. The van der Waals surface area contributed by atoms with Gasteiger partial charge in [0.2, 0.25) is 0 Å². The maximum absolute atomic E-state index is 12.3. The average Bonchev–Trinajstić information content (AvgIpc) is 2.63. The predicted octanol–water partition coefficient (Wildman–Crippen LogP) is 6.55. The number of ether oxygens (including phenoxy) is 1. The molecule has 0 unspecified atom stereocenters. The molecule has 2 N–H and O–H groups in total. The molecule has 28 heavy (non-hydrogen) atoms. The van der Waals surface area contributed by atoms with Crippen molar-refractivity contribution in [2.45, 2.75) is 6.36 Å². The quantitative estimate of drug-likeness (QED) is 0.516. The summed E-state index contributed by atoms with van der Waals surface area (Å²) < 4.78 is 40.3. The third-order valence-electron chi connectivity index (χ3n) is 3.68. The molecule has 0 aliphatic carbocycles. The Bertz CT molecular complexity index is 958. The summed E-state index contributed by atoms with van der Waals surface area (Å²) in [5, 5.41) is 5.89. The molecule has 3 aromatic rings. The summed E-state index contributed by atoms with van der Waals surface area (Å²) in [6.45, 7) is 0. The lowest BCUT2D eigenvalue weighted by Gasteiger charge is -2.13. The zero-order valence-corrected chi connectivity index (χ0v) is 15.0. The molecule has 2 amide bonds. The van der Waals surface area contributed by atoms with Crippen molar-refractivity contribution in [1.29, 1.82) is 0 Å². The maximum atomic E-state index is 12.3. The van der Waals surface area contributed by atoms with E-state index in [4.69, 9.17) is 11.6 Å². The van der Waals surface area contributed by atoms with E-state index in [0.29, 0.717) is 16.4 Å². The number of nitrogens with one attached hydrogen (secondary N) is 2. The van der Waals surface area contributed by atoms with Crippen LogP contribution in [-0.2, 0) is 0 Å². The molecular weight excluding hydrogens is 393 g/mol. The summed E-state index contributed by atoms with van der Waals surface area (Å²) in [5.74, 6) is -0.369. The summed E-state index contributed by atoms with van der Waals surface area (Å²) in [5.41, 5.74) is 2.55. The summed E-state index contributed by atoms with van der Waals surface area (Å²) in [6, 6.07) is 18.7. The number of urea groups is 1. The van der Waals surface area contributed by atoms with E-state index < -0.39 is 12.4 Å². The number of halogens is 4. The second-order valence-corrected chi connectivity index (χ2v) is 6.14. The lowest BCUT2D eigenvalue weighted by Crippen LogP contribution is -2.20. The van der Waals surface area contributed by atoms with Crippen LogP contribution >= 0.6 is 11.6 Å². The fourth-order valence-electron chi connectivity index (χ4n) is 2.50. The fraction of sp³-hybridized carbons (Fsp3) is 0.0500. The summed E-state index contributed by atoms with van der Waals surface area (Å²) in [6.07, 6.45) is -4.77. The Kier molecular flexibility index (Phi) is 5.75. The van der Waals surface area contributed by atoms with E-state index >= 15 is 0 Å². The predicted molar refractivity (Wildman–Crippen MR) is 103 cm³/mol. The minimum atomic E-state index is -4.77. The van der Waals surface area contributed by atoms with Crippen LogP contribution in [0.3, 0.4) is 0 Å². The minimum absolute atomic E-state index is 0.316. The Hall–Kier alpha value is -3.19. The molecule has 3 aromatic carbocycles. The van der Waals surface area contributed by atoms with Gasteiger partial charge in [0.05, 0.1) is 5.69 Å². The van der Waals surface area contributed by atoms with Crippen molar-refractivity contribution in [2.24, 2.45) is 0 Å². The number of anilines is 2. The topological polar surface area (TPSA) is 50.4 Å². The largest absolute Gasteiger partial charge is 0.573 e. The molecule has 0 saturated carbocycles. The molecule has 0 heterocycles. The van der Waals surface area contributed by atoms with Crippen molar-refractivity contribution in [2.75, 3.05) is 10.6 Å². The van der Waals surface area contributed by atoms with Crippen LogP contribution in [0.1, 0.15) is 0 Å². The normalized spacial score (nSPS) is 11.0. The maximum Gasteiger partial charge on any atom is 0.573 e. The summed E-state index contributed by atoms with van der Waals surface area (Å²) >= 11 is 5.91. The monoisotopic (exact) mass is 406 g/mol. The number of rotatable bonds is 4. The highest BCUT2D eigenvalue weighted by Gasteiger charge is 2.30. The summed E-state index contributed by atoms with van der Waals surface area (Å²) in [4.78, 5) is 12.3. The Morgan fingerprint density at radius 3 is 2.14 bits per heavy atom. The van der Waals surface area contributed by atoms with E-state index in [1.54, 1.807) is 24.3 Å². The van der Waals surface area contributed by atoms with Crippen LogP contribution in [0.15, 0.2) is 72.8 Å². The van der Waals surface area contributed by atoms with Crippen molar-refractivity contribution in [3.63, 3.8) is 0 Å². The molecule has 0 atom stereocenters. The van der Waals surface area contributed by atoms with E-state index in [9.17, 15) is 18.0 Å². The van der Waals surface area contributed by atoms with Gasteiger partial charge in [0.25, 0.3) is 0 Å². The minimum Gasteiger partial charge on any atom is -0.406 e. The second kappa shape index (κ2) is 8.22. The number of alkyl halides is 3. The van der Waals surface area contributed by atoms with Crippen LogP contribution in [-0.4, -0.2) is 12.4 Å². The third-order valence-corrected chi connectivity index (χ3v) is 3.93. The van der Waals surface area contributed by atoms with Gasteiger partial charge in [0, 0.05) is 16.3 Å². The molecule has 4 nitrogen and oxygen atoms in total. The number of hydrogen-bond donors (Lipinski definition) is 2.